The van der Waals surface area contributed by atoms with Crippen LogP contribution in [-0.4, -0.2) is 32.4 Å². The van der Waals surface area contributed by atoms with E-state index < -0.39 is 0 Å². The van der Waals surface area contributed by atoms with Crippen LogP contribution in [0.25, 0.3) is 11.4 Å². The monoisotopic (exact) mass is 316 g/mol. The Hall–Kier alpha value is -2.28. The Morgan fingerprint density at radius 2 is 2.13 bits per heavy atom. The first-order chi connectivity index (χ1) is 11.2. The molecule has 23 heavy (non-hydrogen) atoms. The van der Waals surface area contributed by atoms with Gasteiger partial charge < -0.3 is 4.74 Å². The minimum absolute atomic E-state index is 0.00984. The van der Waals surface area contributed by atoms with Gasteiger partial charge in [0.15, 0.2) is 5.69 Å². The van der Waals surface area contributed by atoms with Crippen LogP contribution in [0.3, 0.4) is 0 Å². The third kappa shape index (κ3) is 3.39. The van der Waals surface area contributed by atoms with Gasteiger partial charge in [0, 0.05) is 12.8 Å². The van der Waals surface area contributed by atoms with Gasteiger partial charge in [0.2, 0.25) is 0 Å². The van der Waals surface area contributed by atoms with Crippen LogP contribution in [0.15, 0.2) is 30.6 Å². The largest absolute Gasteiger partial charge is 0.379 e. The standard InChI is InChI=1S/C16H20N4O3/c1-2-23-13-8-6-12(7-9-13)19-11-15(20(21)22)16(18-19)14-5-3-4-10-17-14/h3-5,10-13H,2,6-9H2,1H3/t12-,13-. The van der Waals surface area contributed by atoms with E-state index in [0.29, 0.717) is 17.5 Å². The number of aromatic nitrogens is 3. The zero-order valence-corrected chi connectivity index (χ0v) is 13.1. The molecule has 1 fully saturated rings. The molecule has 2 aromatic heterocycles. The van der Waals surface area contributed by atoms with Crippen molar-refractivity contribution in [1.29, 1.82) is 0 Å². The first kappa shape index (κ1) is 15.6. The van der Waals surface area contributed by atoms with Gasteiger partial charge in [0.1, 0.15) is 6.20 Å². The van der Waals surface area contributed by atoms with Crippen molar-refractivity contribution in [3.8, 4) is 11.4 Å². The molecule has 0 N–H and O–H groups in total. The summed E-state index contributed by atoms with van der Waals surface area (Å²) < 4.78 is 7.40. The fraction of sp³-hybridized carbons (Fsp3) is 0.500. The average Bonchev–Trinajstić information content (AvgIpc) is 3.02. The lowest BCUT2D eigenvalue weighted by atomic mass is 9.93. The van der Waals surface area contributed by atoms with Crippen molar-refractivity contribution in [3.05, 3.63) is 40.7 Å². The number of nitrogens with zero attached hydrogens (tertiary/aromatic N) is 4. The van der Waals surface area contributed by atoms with Crippen molar-refractivity contribution in [1.82, 2.24) is 14.8 Å². The summed E-state index contributed by atoms with van der Waals surface area (Å²) >= 11 is 0. The molecule has 0 bridgehead atoms. The zero-order valence-electron chi connectivity index (χ0n) is 13.1. The Labute approximate surface area is 134 Å². The molecule has 0 aromatic carbocycles. The molecule has 122 valence electrons. The number of rotatable bonds is 5. The second-order valence-corrected chi connectivity index (χ2v) is 5.70. The lowest BCUT2D eigenvalue weighted by Gasteiger charge is -2.28. The summed E-state index contributed by atoms with van der Waals surface area (Å²) in [4.78, 5) is 15.1. The van der Waals surface area contributed by atoms with E-state index in [1.54, 1.807) is 29.1 Å². The molecule has 1 aliphatic rings. The Morgan fingerprint density at radius 1 is 1.35 bits per heavy atom. The van der Waals surface area contributed by atoms with E-state index in [1.807, 2.05) is 6.92 Å². The number of nitro groups is 1. The summed E-state index contributed by atoms with van der Waals surface area (Å²) in [6.07, 6.45) is 7.23. The smallest absolute Gasteiger partial charge is 0.316 e. The second kappa shape index (κ2) is 6.87. The van der Waals surface area contributed by atoms with Crippen LogP contribution in [0.4, 0.5) is 5.69 Å². The Morgan fingerprint density at radius 3 is 2.74 bits per heavy atom. The molecule has 0 saturated heterocycles. The highest BCUT2D eigenvalue weighted by molar-refractivity contribution is 5.65. The van der Waals surface area contributed by atoms with Crippen LogP contribution in [-0.2, 0) is 4.74 Å². The SMILES string of the molecule is CCO[C@H]1CC[C@H](n2cc([N+](=O)[O-])c(-c3ccccn3)n2)CC1. The van der Waals surface area contributed by atoms with Gasteiger partial charge in [0.05, 0.1) is 22.8 Å². The molecular weight excluding hydrogens is 296 g/mol. The molecule has 7 heteroatoms. The fourth-order valence-electron chi connectivity index (χ4n) is 3.10. The molecule has 0 radical (unpaired) electrons. The minimum Gasteiger partial charge on any atom is -0.379 e. The van der Waals surface area contributed by atoms with Gasteiger partial charge >= 0.3 is 5.69 Å². The highest BCUT2D eigenvalue weighted by atomic mass is 16.6. The van der Waals surface area contributed by atoms with E-state index in [0.717, 1.165) is 32.3 Å². The Kier molecular flexibility index (Phi) is 4.66. The molecule has 2 aromatic rings. The van der Waals surface area contributed by atoms with Crippen LogP contribution in [0.5, 0.6) is 0 Å². The fourth-order valence-corrected chi connectivity index (χ4v) is 3.10. The van der Waals surface area contributed by atoms with Crippen molar-refractivity contribution in [2.75, 3.05) is 6.61 Å². The van der Waals surface area contributed by atoms with E-state index in [-0.39, 0.29) is 16.7 Å². The number of pyridine rings is 1. The van der Waals surface area contributed by atoms with Crippen molar-refractivity contribution in [3.63, 3.8) is 0 Å². The Bertz CT molecular complexity index is 663. The number of hydrogen-bond donors (Lipinski definition) is 0. The van der Waals surface area contributed by atoms with Crippen LogP contribution >= 0.6 is 0 Å². The first-order valence-electron chi connectivity index (χ1n) is 7.95. The van der Waals surface area contributed by atoms with Crippen molar-refractivity contribution >= 4 is 5.69 Å². The van der Waals surface area contributed by atoms with Gasteiger partial charge in [-0.3, -0.25) is 19.8 Å². The van der Waals surface area contributed by atoms with Crippen molar-refractivity contribution in [2.24, 2.45) is 0 Å². The van der Waals surface area contributed by atoms with E-state index in [9.17, 15) is 10.1 Å². The van der Waals surface area contributed by atoms with Gasteiger partial charge in [-0.15, -0.1) is 0 Å². The highest BCUT2D eigenvalue weighted by Gasteiger charge is 2.28. The minimum atomic E-state index is -0.390. The van der Waals surface area contributed by atoms with Crippen molar-refractivity contribution in [2.45, 2.75) is 44.8 Å². The summed E-state index contributed by atoms with van der Waals surface area (Å²) in [7, 11) is 0. The van der Waals surface area contributed by atoms with Gasteiger partial charge in [-0.25, -0.2) is 0 Å². The predicted octanol–water partition coefficient (Wildman–Crippen LogP) is 3.37. The van der Waals surface area contributed by atoms with E-state index in [1.165, 1.54) is 6.20 Å². The third-order valence-electron chi connectivity index (χ3n) is 4.24. The maximum absolute atomic E-state index is 11.3. The molecule has 0 aliphatic heterocycles. The first-order valence-corrected chi connectivity index (χ1v) is 7.95. The molecule has 0 spiro atoms. The number of ether oxygens (including phenoxy) is 1. The maximum atomic E-state index is 11.3. The van der Waals surface area contributed by atoms with E-state index >= 15 is 0 Å². The van der Waals surface area contributed by atoms with Gasteiger partial charge in [-0.1, -0.05) is 6.07 Å². The average molecular weight is 316 g/mol. The van der Waals surface area contributed by atoms with Crippen molar-refractivity contribution < 1.29 is 9.66 Å². The molecule has 3 rings (SSSR count). The van der Waals surface area contributed by atoms with E-state index in [4.69, 9.17) is 4.74 Å². The topological polar surface area (TPSA) is 83.1 Å². The predicted molar refractivity (Wildman–Crippen MR) is 85.0 cm³/mol. The van der Waals surface area contributed by atoms with Crippen LogP contribution in [0.2, 0.25) is 0 Å². The van der Waals surface area contributed by atoms with Crippen LogP contribution in [0.1, 0.15) is 38.6 Å². The second-order valence-electron chi connectivity index (χ2n) is 5.70. The van der Waals surface area contributed by atoms with Gasteiger partial charge in [-0.05, 0) is 44.7 Å². The quantitative estimate of drug-likeness (QED) is 0.624. The summed E-state index contributed by atoms with van der Waals surface area (Å²) in [5, 5.41) is 15.8. The molecule has 1 aliphatic carbocycles. The van der Waals surface area contributed by atoms with Gasteiger partial charge in [0.25, 0.3) is 0 Å². The summed E-state index contributed by atoms with van der Waals surface area (Å²) in [6, 6.07) is 5.51. The number of hydrogen-bond acceptors (Lipinski definition) is 5. The molecule has 0 atom stereocenters. The van der Waals surface area contributed by atoms with Gasteiger partial charge in [-0.2, -0.15) is 5.10 Å². The molecule has 1 saturated carbocycles. The molecule has 2 heterocycles. The Balaban J connectivity index is 1.83. The van der Waals surface area contributed by atoms with E-state index in [2.05, 4.69) is 10.1 Å². The lowest BCUT2D eigenvalue weighted by Crippen LogP contribution is -2.24. The van der Waals surface area contributed by atoms with Crippen LogP contribution in [0, 0.1) is 10.1 Å². The molecule has 7 nitrogen and oxygen atoms in total. The normalized spacial score (nSPS) is 21.3. The zero-order chi connectivity index (χ0) is 16.2. The summed E-state index contributed by atoms with van der Waals surface area (Å²) in [5.41, 5.74) is 0.874. The molecule has 0 amide bonds. The molecular formula is C16H20N4O3. The van der Waals surface area contributed by atoms with Crippen LogP contribution < -0.4 is 0 Å². The lowest BCUT2D eigenvalue weighted by molar-refractivity contribution is -0.384. The molecule has 0 unspecified atom stereocenters. The summed E-state index contributed by atoms with van der Waals surface area (Å²) in [6.45, 7) is 2.73. The maximum Gasteiger partial charge on any atom is 0.316 e. The summed E-state index contributed by atoms with van der Waals surface area (Å²) in [5.74, 6) is 0. The third-order valence-corrected chi connectivity index (χ3v) is 4.24. The highest BCUT2D eigenvalue weighted by Crippen LogP contribution is 2.33.